The number of carboxylic acid groups (broad SMARTS) is 1. The molecule has 0 atom stereocenters. The SMILES string of the molecule is C=C(CCN)C(=O)O.CCl. The van der Waals surface area contributed by atoms with E-state index in [9.17, 15) is 4.79 Å². The predicted octanol–water partition coefficient (Wildman–Crippen LogP) is 0.831. The van der Waals surface area contributed by atoms with Gasteiger partial charge in [-0.05, 0) is 13.0 Å². The molecule has 3 nitrogen and oxygen atoms in total. The summed E-state index contributed by atoms with van der Waals surface area (Å²) < 4.78 is 0. The second-order valence-corrected chi connectivity index (χ2v) is 1.45. The summed E-state index contributed by atoms with van der Waals surface area (Å²) in [6.45, 7) is 3.62. The highest BCUT2D eigenvalue weighted by molar-refractivity contribution is 6.15. The van der Waals surface area contributed by atoms with Crippen LogP contribution in [0.5, 0.6) is 0 Å². The van der Waals surface area contributed by atoms with Crippen LogP contribution in [0.25, 0.3) is 0 Å². The number of hydrogen-bond donors (Lipinski definition) is 2. The molecule has 0 amide bonds. The van der Waals surface area contributed by atoms with Crippen molar-refractivity contribution < 1.29 is 9.90 Å². The lowest BCUT2D eigenvalue weighted by atomic mass is 10.2. The molecule has 0 saturated carbocycles. The molecule has 10 heavy (non-hydrogen) atoms. The van der Waals surface area contributed by atoms with Gasteiger partial charge in [0.2, 0.25) is 0 Å². The van der Waals surface area contributed by atoms with Crippen LogP contribution in [0.1, 0.15) is 6.42 Å². The van der Waals surface area contributed by atoms with Crippen LogP contribution in [0.15, 0.2) is 12.2 Å². The topological polar surface area (TPSA) is 63.3 Å². The number of halogens is 1. The van der Waals surface area contributed by atoms with Gasteiger partial charge in [-0.2, -0.15) is 0 Å². The summed E-state index contributed by atoms with van der Waals surface area (Å²) in [6.07, 6.45) is 1.84. The Morgan fingerprint density at radius 3 is 2.20 bits per heavy atom. The zero-order chi connectivity index (χ0) is 8.57. The van der Waals surface area contributed by atoms with Gasteiger partial charge >= 0.3 is 5.97 Å². The highest BCUT2D eigenvalue weighted by Crippen LogP contribution is 1.93. The number of nitrogens with two attached hydrogens (primary N) is 1. The van der Waals surface area contributed by atoms with Crippen LogP contribution in [-0.2, 0) is 4.79 Å². The van der Waals surface area contributed by atoms with E-state index in [-0.39, 0.29) is 5.57 Å². The maximum atomic E-state index is 9.93. The smallest absolute Gasteiger partial charge is 0.330 e. The lowest BCUT2D eigenvalue weighted by Crippen LogP contribution is -2.06. The van der Waals surface area contributed by atoms with E-state index in [1.54, 1.807) is 0 Å². The molecule has 0 bridgehead atoms. The van der Waals surface area contributed by atoms with Crippen LogP contribution in [-0.4, -0.2) is 24.0 Å². The second kappa shape index (κ2) is 8.46. The molecular formula is C6H12ClNO2. The van der Waals surface area contributed by atoms with E-state index in [2.05, 4.69) is 18.2 Å². The fourth-order valence-electron chi connectivity index (χ4n) is 0.281. The van der Waals surface area contributed by atoms with Crippen molar-refractivity contribution >= 4 is 17.6 Å². The van der Waals surface area contributed by atoms with Crippen molar-refractivity contribution in [1.82, 2.24) is 0 Å². The normalized spacial score (nSPS) is 7.50. The Labute approximate surface area is 65.5 Å². The van der Waals surface area contributed by atoms with Crippen LogP contribution >= 0.6 is 11.6 Å². The summed E-state index contributed by atoms with van der Waals surface area (Å²) in [6, 6.07) is 0. The Morgan fingerprint density at radius 2 is 2.10 bits per heavy atom. The van der Waals surface area contributed by atoms with Crippen molar-refractivity contribution in [3.63, 3.8) is 0 Å². The molecule has 0 saturated heterocycles. The number of carbonyl (C=O) groups is 1. The largest absolute Gasteiger partial charge is 0.478 e. The molecule has 0 aromatic heterocycles. The molecule has 0 aliphatic carbocycles. The van der Waals surface area contributed by atoms with Crippen LogP contribution in [0.4, 0.5) is 0 Å². The first kappa shape index (κ1) is 12.2. The summed E-state index contributed by atoms with van der Waals surface area (Å²) in [5, 5.41) is 8.16. The Bertz CT molecular complexity index is 114. The molecular weight excluding hydrogens is 154 g/mol. The van der Waals surface area contributed by atoms with E-state index in [1.807, 2.05) is 0 Å². The van der Waals surface area contributed by atoms with Gasteiger partial charge in [0.15, 0.2) is 0 Å². The van der Waals surface area contributed by atoms with E-state index >= 15 is 0 Å². The van der Waals surface area contributed by atoms with Crippen LogP contribution < -0.4 is 5.73 Å². The third-order valence-corrected chi connectivity index (χ3v) is 0.749. The number of aliphatic carboxylic acids is 1. The van der Waals surface area contributed by atoms with Gasteiger partial charge in [-0.25, -0.2) is 4.79 Å². The Balaban J connectivity index is 0. The highest BCUT2D eigenvalue weighted by Gasteiger charge is 1.99. The van der Waals surface area contributed by atoms with Gasteiger partial charge in [-0.15, -0.1) is 11.6 Å². The van der Waals surface area contributed by atoms with Gasteiger partial charge < -0.3 is 10.8 Å². The lowest BCUT2D eigenvalue weighted by Gasteiger charge is -1.92. The summed E-state index contributed by atoms with van der Waals surface area (Å²) >= 11 is 4.64. The highest BCUT2D eigenvalue weighted by atomic mass is 35.5. The van der Waals surface area contributed by atoms with Crippen molar-refractivity contribution in [3.8, 4) is 0 Å². The maximum Gasteiger partial charge on any atom is 0.330 e. The molecule has 0 rings (SSSR count). The molecule has 0 aromatic carbocycles. The maximum absolute atomic E-state index is 9.93. The number of alkyl halides is 1. The van der Waals surface area contributed by atoms with E-state index in [4.69, 9.17) is 10.8 Å². The lowest BCUT2D eigenvalue weighted by molar-refractivity contribution is -0.132. The van der Waals surface area contributed by atoms with Crippen molar-refractivity contribution in [3.05, 3.63) is 12.2 Å². The minimum absolute atomic E-state index is 0.174. The van der Waals surface area contributed by atoms with Gasteiger partial charge in [0.1, 0.15) is 0 Å². The van der Waals surface area contributed by atoms with E-state index in [1.165, 1.54) is 6.38 Å². The fourth-order valence-corrected chi connectivity index (χ4v) is 0.281. The van der Waals surface area contributed by atoms with E-state index in [0.29, 0.717) is 13.0 Å². The van der Waals surface area contributed by atoms with E-state index < -0.39 is 5.97 Å². The molecule has 4 heteroatoms. The second-order valence-electron chi connectivity index (χ2n) is 1.45. The summed E-state index contributed by atoms with van der Waals surface area (Å²) in [4.78, 5) is 9.93. The first-order valence-corrected chi connectivity index (χ1v) is 3.43. The standard InChI is InChI=1S/C5H9NO2.CH3Cl/c1-4(2-3-6)5(7)8;1-2/h1-3,6H2,(H,7,8);1H3. The molecule has 0 unspecified atom stereocenters. The van der Waals surface area contributed by atoms with Crippen LogP contribution in [0.2, 0.25) is 0 Å². The summed E-state index contributed by atoms with van der Waals surface area (Å²) in [5.74, 6) is -0.963. The monoisotopic (exact) mass is 165 g/mol. The Morgan fingerprint density at radius 1 is 1.70 bits per heavy atom. The third-order valence-electron chi connectivity index (χ3n) is 0.749. The Kier molecular flexibility index (Phi) is 10.3. The van der Waals surface area contributed by atoms with Crippen molar-refractivity contribution in [2.75, 3.05) is 12.9 Å². The van der Waals surface area contributed by atoms with Crippen LogP contribution in [0, 0.1) is 0 Å². The minimum atomic E-state index is -0.963. The molecule has 60 valence electrons. The van der Waals surface area contributed by atoms with Crippen LogP contribution in [0.3, 0.4) is 0 Å². The Hall–Kier alpha value is -0.540. The predicted molar refractivity (Wildman–Crippen MR) is 42.2 cm³/mol. The molecule has 0 aromatic rings. The van der Waals surface area contributed by atoms with Crippen molar-refractivity contribution in [2.24, 2.45) is 5.73 Å². The van der Waals surface area contributed by atoms with Crippen molar-refractivity contribution in [2.45, 2.75) is 6.42 Å². The van der Waals surface area contributed by atoms with Gasteiger partial charge in [0, 0.05) is 12.0 Å². The molecule has 0 aliphatic heterocycles. The number of hydrogen-bond acceptors (Lipinski definition) is 2. The number of rotatable bonds is 3. The van der Waals surface area contributed by atoms with E-state index in [0.717, 1.165) is 0 Å². The fraction of sp³-hybridized carbons (Fsp3) is 0.500. The average Bonchev–Trinajstić information content (AvgIpc) is 1.93. The molecule has 0 aliphatic rings. The molecule has 3 N–H and O–H groups in total. The molecule has 0 heterocycles. The summed E-state index contributed by atoms with van der Waals surface area (Å²) in [7, 11) is 0. The first-order chi connectivity index (χ1) is 4.68. The molecule has 0 radical (unpaired) electrons. The van der Waals surface area contributed by atoms with Gasteiger partial charge in [-0.3, -0.25) is 0 Å². The van der Waals surface area contributed by atoms with Gasteiger partial charge in [0.05, 0.1) is 0 Å². The molecule has 0 spiro atoms. The zero-order valence-corrected chi connectivity index (χ0v) is 6.69. The minimum Gasteiger partial charge on any atom is -0.478 e. The third kappa shape index (κ3) is 7.46. The quantitative estimate of drug-likeness (QED) is 0.481. The zero-order valence-electron chi connectivity index (χ0n) is 5.93. The van der Waals surface area contributed by atoms with Gasteiger partial charge in [0.25, 0.3) is 0 Å². The first-order valence-electron chi connectivity index (χ1n) is 2.67. The summed E-state index contributed by atoms with van der Waals surface area (Å²) in [5.41, 5.74) is 5.22. The van der Waals surface area contributed by atoms with Crippen molar-refractivity contribution in [1.29, 1.82) is 0 Å². The van der Waals surface area contributed by atoms with Gasteiger partial charge in [-0.1, -0.05) is 6.58 Å². The number of carboxylic acids is 1. The average molecular weight is 166 g/mol. The molecule has 0 fully saturated rings.